The summed E-state index contributed by atoms with van der Waals surface area (Å²) in [6.07, 6.45) is 6.24. The molecule has 1 unspecified atom stereocenters. The molecule has 1 N–H and O–H groups in total. The van der Waals surface area contributed by atoms with Gasteiger partial charge in [-0.3, -0.25) is 4.79 Å². The van der Waals surface area contributed by atoms with Crippen LogP contribution in [0, 0.1) is 17.8 Å². The fraction of sp³-hybridized carbons (Fsp3) is 0.762. The number of hydrogen-bond donors (Lipinski definition) is 1. The van der Waals surface area contributed by atoms with Gasteiger partial charge in [-0.1, -0.05) is 6.92 Å². The summed E-state index contributed by atoms with van der Waals surface area (Å²) in [5.41, 5.74) is 2.63. The summed E-state index contributed by atoms with van der Waals surface area (Å²) in [6, 6.07) is 0.532. The molecule has 0 radical (unpaired) electrons. The van der Waals surface area contributed by atoms with Crippen LogP contribution in [0.2, 0.25) is 0 Å². The highest BCUT2D eigenvalue weighted by Crippen LogP contribution is 2.49. The Morgan fingerprint density at radius 2 is 1.96 bits per heavy atom. The van der Waals surface area contributed by atoms with E-state index >= 15 is 0 Å². The minimum absolute atomic E-state index is 0.332. The normalized spacial score (nSPS) is 34.5. The number of hydrogen-bond acceptors (Lipinski definition) is 5. The Morgan fingerprint density at radius 1 is 1.19 bits per heavy atom. The number of carboxylic acid groups (broad SMARTS) is 1. The van der Waals surface area contributed by atoms with Crippen LogP contribution in [-0.2, 0) is 11.2 Å². The first-order valence-electron chi connectivity index (χ1n) is 10.7. The van der Waals surface area contributed by atoms with Crippen LogP contribution in [0.3, 0.4) is 0 Å². The van der Waals surface area contributed by atoms with Crippen molar-refractivity contribution in [3.8, 4) is 0 Å². The SMILES string of the molecule is C[C@@H]1CCCc2c1nc(N1CC[C@@H]1C)nc2N1C[C@H]2C[C@@H](C1)C2CC(=O)O. The molecule has 5 atom stereocenters. The molecule has 5 aliphatic rings. The van der Waals surface area contributed by atoms with Crippen LogP contribution in [0.5, 0.6) is 0 Å². The van der Waals surface area contributed by atoms with Crippen LogP contribution in [0.25, 0.3) is 0 Å². The van der Waals surface area contributed by atoms with Gasteiger partial charge in [0.2, 0.25) is 5.95 Å². The molecule has 3 saturated heterocycles. The Balaban J connectivity index is 1.46. The molecule has 6 heteroatoms. The minimum atomic E-state index is -0.648. The number of carbonyl (C=O) groups is 1. The van der Waals surface area contributed by atoms with Gasteiger partial charge in [-0.05, 0) is 62.7 Å². The van der Waals surface area contributed by atoms with Gasteiger partial charge >= 0.3 is 5.97 Å². The van der Waals surface area contributed by atoms with Crippen LogP contribution in [0.1, 0.15) is 63.1 Å². The van der Waals surface area contributed by atoms with E-state index in [2.05, 4.69) is 23.6 Å². The number of rotatable bonds is 4. The molecule has 1 saturated carbocycles. The third-order valence-corrected chi connectivity index (χ3v) is 7.55. The molecule has 1 aromatic heterocycles. The number of nitrogens with zero attached hydrogens (tertiary/aromatic N) is 4. The number of aromatic nitrogens is 2. The summed E-state index contributed by atoms with van der Waals surface area (Å²) in [4.78, 5) is 26.1. The van der Waals surface area contributed by atoms with Crippen molar-refractivity contribution in [2.24, 2.45) is 17.8 Å². The fourth-order valence-corrected chi connectivity index (χ4v) is 5.75. The Labute approximate surface area is 161 Å². The molecular formula is C21H30N4O2. The maximum Gasteiger partial charge on any atom is 0.303 e. The van der Waals surface area contributed by atoms with Gasteiger partial charge in [0.05, 0.1) is 5.69 Å². The number of fused-ring (bicyclic) bond motifs is 3. The fourth-order valence-electron chi connectivity index (χ4n) is 5.75. The second-order valence-electron chi connectivity index (χ2n) is 9.26. The average Bonchev–Trinajstić information content (AvgIpc) is 2.65. The van der Waals surface area contributed by atoms with E-state index in [0.29, 0.717) is 36.1 Å². The van der Waals surface area contributed by atoms with E-state index in [-0.39, 0.29) is 0 Å². The van der Waals surface area contributed by atoms with E-state index < -0.39 is 5.97 Å². The summed E-state index contributed by atoms with van der Waals surface area (Å²) in [6.45, 7) is 7.53. The number of carboxylic acids is 1. The molecule has 3 aliphatic heterocycles. The molecule has 6 rings (SSSR count). The second kappa shape index (κ2) is 6.35. The average molecular weight is 370 g/mol. The molecule has 1 aromatic rings. The molecule has 27 heavy (non-hydrogen) atoms. The molecule has 6 nitrogen and oxygen atoms in total. The first-order valence-corrected chi connectivity index (χ1v) is 10.7. The number of piperidine rings is 2. The third kappa shape index (κ3) is 2.79. The van der Waals surface area contributed by atoms with Crippen LogP contribution in [-0.4, -0.2) is 46.7 Å². The van der Waals surface area contributed by atoms with E-state index in [1.54, 1.807) is 0 Å². The van der Waals surface area contributed by atoms with Crippen LogP contribution in [0.4, 0.5) is 11.8 Å². The van der Waals surface area contributed by atoms with E-state index in [9.17, 15) is 9.90 Å². The molecular weight excluding hydrogens is 340 g/mol. The van der Waals surface area contributed by atoms with Crippen molar-refractivity contribution in [3.05, 3.63) is 11.3 Å². The monoisotopic (exact) mass is 370 g/mol. The molecule has 2 bridgehead atoms. The lowest BCUT2D eigenvalue weighted by molar-refractivity contribution is -0.141. The summed E-state index contributed by atoms with van der Waals surface area (Å²) in [5.74, 6) is 3.32. The number of aliphatic carboxylic acids is 1. The van der Waals surface area contributed by atoms with Gasteiger partial charge in [0.15, 0.2) is 0 Å². The Kier molecular flexibility index (Phi) is 4.06. The van der Waals surface area contributed by atoms with Crippen LogP contribution >= 0.6 is 0 Å². The van der Waals surface area contributed by atoms with Crippen molar-refractivity contribution in [3.63, 3.8) is 0 Å². The highest BCUT2D eigenvalue weighted by molar-refractivity contribution is 5.67. The van der Waals surface area contributed by atoms with Crippen molar-refractivity contribution >= 4 is 17.7 Å². The molecule has 0 aromatic carbocycles. The van der Waals surface area contributed by atoms with E-state index in [0.717, 1.165) is 37.8 Å². The molecule has 0 amide bonds. The predicted octanol–water partition coefficient (Wildman–Crippen LogP) is 3.06. The van der Waals surface area contributed by atoms with Crippen LogP contribution < -0.4 is 9.80 Å². The Hall–Kier alpha value is -1.85. The zero-order valence-corrected chi connectivity index (χ0v) is 16.4. The zero-order valence-electron chi connectivity index (χ0n) is 16.4. The van der Waals surface area contributed by atoms with E-state index in [1.165, 1.54) is 36.9 Å². The molecule has 2 aliphatic carbocycles. The van der Waals surface area contributed by atoms with E-state index in [1.807, 2.05) is 0 Å². The first-order chi connectivity index (χ1) is 13.0. The smallest absolute Gasteiger partial charge is 0.303 e. The van der Waals surface area contributed by atoms with Gasteiger partial charge in [0.25, 0.3) is 0 Å². The lowest BCUT2D eigenvalue weighted by atomic mass is 9.60. The number of anilines is 2. The molecule has 146 valence electrons. The first kappa shape index (κ1) is 17.3. The lowest BCUT2D eigenvalue weighted by Gasteiger charge is -2.54. The standard InChI is InChI=1S/C21H30N4O2/c1-12-4-3-5-16-19(12)22-21(25-7-6-13(25)2)23-20(16)24-10-14-8-15(11-24)17(14)9-18(26)27/h12-15,17H,3-11H2,1-2H3,(H,26,27)/t12-,13+,14-,15+,17?/m1/s1. The van der Waals surface area contributed by atoms with Gasteiger partial charge in [-0.15, -0.1) is 0 Å². The van der Waals surface area contributed by atoms with Crippen molar-refractivity contribution in [1.82, 2.24) is 9.97 Å². The molecule has 4 heterocycles. The maximum absolute atomic E-state index is 11.2. The van der Waals surface area contributed by atoms with Gasteiger partial charge in [0.1, 0.15) is 5.82 Å². The van der Waals surface area contributed by atoms with Gasteiger partial charge in [-0.25, -0.2) is 4.98 Å². The van der Waals surface area contributed by atoms with E-state index in [4.69, 9.17) is 9.97 Å². The van der Waals surface area contributed by atoms with Gasteiger partial charge < -0.3 is 14.9 Å². The minimum Gasteiger partial charge on any atom is -0.481 e. The maximum atomic E-state index is 11.2. The third-order valence-electron chi connectivity index (χ3n) is 7.55. The molecule has 0 spiro atoms. The summed E-state index contributed by atoms with van der Waals surface area (Å²) in [5, 5.41) is 9.19. The van der Waals surface area contributed by atoms with Crippen molar-refractivity contribution in [2.45, 2.75) is 64.3 Å². The highest BCUT2D eigenvalue weighted by Gasteiger charge is 2.48. The van der Waals surface area contributed by atoms with Gasteiger partial charge in [-0.2, -0.15) is 4.98 Å². The Morgan fingerprint density at radius 3 is 2.59 bits per heavy atom. The summed E-state index contributed by atoms with van der Waals surface area (Å²) in [7, 11) is 0. The van der Waals surface area contributed by atoms with Crippen LogP contribution in [0.15, 0.2) is 0 Å². The van der Waals surface area contributed by atoms with Crippen molar-refractivity contribution < 1.29 is 9.90 Å². The predicted molar refractivity (Wildman–Crippen MR) is 104 cm³/mol. The van der Waals surface area contributed by atoms with Crippen molar-refractivity contribution in [1.29, 1.82) is 0 Å². The lowest BCUT2D eigenvalue weighted by Crippen LogP contribution is -2.56. The zero-order chi connectivity index (χ0) is 18.7. The summed E-state index contributed by atoms with van der Waals surface area (Å²) >= 11 is 0. The second-order valence-corrected chi connectivity index (χ2v) is 9.26. The quantitative estimate of drug-likeness (QED) is 0.878. The summed E-state index contributed by atoms with van der Waals surface area (Å²) < 4.78 is 0. The highest BCUT2D eigenvalue weighted by atomic mass is 16.4. The Bertz CT molecular complexity index is 755. The van der Waals surface area contributed by atoms with Gasteiger partial charge in [0, 0.05) is 37.7 Å². The largest absolute Gasteiger partial charge is 0.481 e. The molecule has 4 fully saturated rings. The topological polar surface area (TPSA) is 69.6 Å². The van der Waals surface area contributed by atoms with Crippen molar-refractivity contribution in [2.75, 3.05) is 29.4 Å².